The van der Waals surface area contributed by atoms with Gasteiger partial charge in [-0.2, -0.15) is 13.2 Å². The number of halogens is 3. The summed E-state index contributed by atoms with van der Waals surface area (Å²) in [5.41, 5.74) is -0.386. The lowest BCUT2D eigenvalue weighted by atomic mass is 9.94. The number of hydrogen-bond donors (Lipinski definition) is 0. The van der Waals surface area contributed by atoms with Crippen LogP contribution < -0.4 is 15.9 Å². The molecule has 0 unspecified atom stereocenters. The summed E-state index contributed by atoms with van der Waals surface area (Å²) < 4.78 is 59.3. The fourth-order valence-electron chi connectivity index (χ4n) is 7.51. The minimum absolute atomic E-state index is 0.180. The van der Waals surface area contributed by atoms with Gasteiger partial charge in [0.15, 0.2) is 7.14 Å². The highest BCUT2D eigenvalue weighted by atomic mass is 31.2. The first-order valence-corrected chi connectivity index (χ1v) is 16.6. The maximum atomic E-state index is 16.4. The van der Waals surface area contributed by atoms with Crippen LogP contribution >= 0.6 is 7.14 Å². The van der Waals surface area contributed by atoms with Gasteiger partial charge in [0.1, 0.15) is 0 Å². The van der Waals surface area contributed by atoms with E-state index >= 15 is 4.57 Å². The Kier molecular flexibility index (Phi) is 5.33. The molecule has 216 valence electrons. The van der Waals surface area contributed by atoms with Gasteiger partial charge in [-0.3, -0.25) is 0 Å². The van der Waals surface area contributed by atoms with Crippen LogP contribution in [0.25, 0.3) is 64.6 Å². The molecule has 0 N–H and O–H groups in total. The van der Waals surface area contributed by atoms with E-state index < -0.39 is 18.9 Å². The third-order valence-electron chi connectivity index (χ3n) is 9.44. The van der Waals surface area contributed by atoms with Crippen LogP contribution in [0.15, 0.2) is 127 Å². The molecule has 0 aliphatic heterocycles. The van der Waals surface area contributed by atoms with Crippen molar-refractivity contribution in [2.75, 3.05) is 0 Å². The maximum absolute atomic E-state index is 16.4. The van der Waals surface area contributed by atoms with Gasteiger partial charge < -0.3 is 4.57 Å². The van der Waals surface area contributed by atoms with Crippen LogP contribution in [-0.2, 0) is 10.7 Å². The molecule has 45 heavy (non-hydrogen) atoms. The first kappa shape index (κ1) is 26.5. The molecule has 0 aliphatic carbocycles. The second kappa shape index (κ2) is 9.06. The third-order valence-corrected chi connectivity index (χ3v) is 12.6. The molecule has 0 bridgehead atoms. The zero-order valence-corrected chi connectivity index (χ0v) is 25.0. The lowest BCUT2D eigenvalue weighted by molar-refractivity contribution is -0.137. The van der Waals surface area contributed by atoms with Crippen LogP contribution in [0.4, 0.5) is 13.2 Å². The number of hydrogen-bond acceptors (Lipinski definition) is 1. The Hall–Kier alpha value is -4.92. The van der Waals surface area contributed by atoms with Gasteiger partial charge in [0.2, 0.25) is 0 Å². The summed E-state index contributed by atoms with van der Waals surface area (Å²) in [4.78, 5) is 0. The summed E-state index contributed by atoms with van der Waals surface area (Å²) in [6.07, 6.45) is -4.59. The highest BCUT2D eigenvalue weighted by molar-refractivity contribution is 7.86. The van der Waals surface area contributed by atoms with E-state index in [0.717, 1.165) is 76.8 Å². The van der Waals surface area contributed by atoms with Crippen molar-refractivity contribution < 1.29 is 17.7 Å². The predicted octanol–water partition coefficient (Wildman–Crippen LogP) is 10.4. The van der Waals surface area contributed by atoms with Crippen molar-refractivity contribution in [1.82, 2.24) is 0 Å². The monoisotopic (exact) mass is 608 g/mol. The molecular formula is C40H24F3OP. The lowest BCUT2D eigenvalue weighted by Gasteiger charge is -2.26. The van der Waals surface area contributed by atoms with E-state index in [4.69, 9.17) is 0 Å². The molecule has 5 heteroatoms. The Morgan fingerprint density at radius 2 is 0.889 bits per heavy atom. The van der Waals surface area contributed by atoms with E-state index in [1.54, 1.807) is 13.0 Å². The second-order valence-corrected chi connectivity index (χ2v) is 14.7. The smallest absolute Gasteiger partial charge is 0.309 e. The largest absolute Gasteiger partial charge is 0.416 e. The van der Waals surface area contributed by atoms with E-state index in [9.17, 15) is 13.2 Å². The molecule has 1 nitrogen and oxygen atoms in total. The minimum atomic E-state index is -4.59. The van der Waals surface area contributed by atoms with Gasteiger partial charge >= 0.3 is 6.18 Å². The van der Waals surface area contributed by atoms with E-state index in [0.29, 0.717) is 16.2 Å². The number of benzene rings is 9. The van der Waals surface area contributed by atoms with Gasteiger partial charge in [-0.15, -0.1) is 0 Å². The topological polar surface area (TPSA) is 17.1 Å². The Morgan fingerprint density at radius 1 is 0.489 bits per heavy atom. The third kappa shape index (κ3) is 3.67. The summed E-state index contributed by atoms with van der Waals surface area (Å²) >= 11 is 0. The summed E-state index contributed by atoms with van der Waals surface area (Å²) in [5, 5.41) is 13.2. The fraction of sp³-hybridized carbons (Fsp3) is 0.0500. The van der Waals surface area contributed by atoms with Crippen LogP contribution in [0.1, 0.15) is 11.1 Å². The molecule has 0 saturated heterocycles. The Bertz CT molecular complexity index is 2500. The van der Waals surface area contributed by atoms with Crippen molar-refractivity contribution in [3.63, 3.8) is 0 Å². The molecule has 9 rings (SSSR count). The zero-order valence-electron chi connectivity index (χ0n) is 24.1. The normalized spacial score (nSPS) is 13.0. The first-order chi connectivity index (χ1) is 21.7. The Balaban J connectivity index is 1.47. The molecule has 0 fully saturated rings. The highest BCUT2D eigenvalue weighted by Crippen LogP contribution is 2.50. The molecule has 0 heterocycles. The predicted molar refractivity (Wildman–Crippen MR) is 183 cm³/mol. The molecule has 0 atom stereocenters. The van der Waals surface area contributed by atoms with Crippen molar-refractivity contribution >= 4 is 87.7 Å². The molecule has 0 aromatic heterocycles. The molecule has 0 amide bonds. The van der Waals surface area contributed by atoms with Crippen LogP contribution in [-0.4, -0.2) is 0 Å². The van der Waals surface area contributed by atoms with Crippen molar-refractivity contribution in [3.8, 4) is 0 Å². The SMILES string of the molecule is Cc1cc(C(F)(F)F)cc(P(=O)(c2ccc3ccc4cccc5ccc2c3c45)c2ccc3ccc4cccc5ccc2c3c45)c1. The number of rotatable bonds is 3. The minimum Gasteiger partial charge on any atom is -0.309 e. The van der Waals surface area contributed by atoms with Crippen molar-refractivity contribution in [2.24, 2.45) is 0 Å². The first-order valence-electron chi connectivity index (χ1n) is 14.9. The quantitative estimate of drug-likeness (QED) is 0.144. The maximum Gasteiger partial charge on any atom is 0.416 e. The number of aryl methyl sites for hydroxylation is 1. The standard InChI is InChI=1S/C40H24F3OP/c1-23-20-30(40(41,42)43)22-31(21-23)45(44,34-18-14-28-10-8-24-4-2-6-26-12-16-32(34)38(28)36(24)26)35-19-15-29-11-9-25-5-3-7-27-13-17-33(35)39(29)37(25)27/h2-22H,1H3. The molecule has 9 aromatic rings. The van der Waals surface area contributed by atoms with Crippen LogP contribution in [0.5, 0.6) is 0 Å². The van der Waals surface area contributed by atoms with E-state index in [-0.39, 0.29) is 5.30 Å². The summed E-state index contributed by atoms with van der Waals surface area (Å²) in [7, 11) is -3.92. The second-order valence-electron chi connectivity index (χ2n) is 12.0. The molecule has 9 aromatic carbocycles. The van der Waals surface area contributed by atoms with E-state index in [2.05, 4.69) is 48.5 Å². The Morgan fingerprint density at radius 3 is 1.33 bits per heavy atom. The molecule has 0 spiro atoms. The van der Waals surface area contributed by atoms with Gasteiger partial charge in [0.05, 0.1) is 5.56 Å². The average Bonchev–Trinajstić information content (AvgIpc) is 3.05. The molecule has 0 aliphatic rings. The summed E-state index contributed by atoms with van der Waals surface area (Å²) in [6, 6.07) is 40.2. The Labute approximate surface area is 256 Å². The van der Waals surface area contributed by atoms with Crippen molar-refractivity contribution in [2.45, 2.75) is 13.1 Å². The molecule has 0 saturated carbocycles. The summed E-state index contributed by atoms with van der Waals surface area (Å²) in [5.74, 6) is 0. The van der Waals surface area contributed by atoms with Gasteiger partial charge in [0.25, 0.3) is 0 Å². The van der Waals surface area contributed by atoms with Crippen molar-refractivity contribution in [3.05, 3.63) is 139 Å². The van der Waals surface area contributed by atoms with Crippen LogP contribution in [0, 0.1) is 6.92 Å². The van der Waals surface area contributed by atoms with Gasteiger partial charge in [-0.25, -0.2) is 0 Å². The van der Waals surface area contributed by atoms with Crippen molar-refractivity contribution in [1.29, 1.82) is 0 Å². The van der Waals surface area contributed by atoms with Gasteiger partial charge in [-0.05, 0) is 107 Å². The highest BCUT2D eigenvalue weighted by Gasteiger charge is 2.38. The molecule has 0 radical (unpaired) electrons. The fourth-order valence-corrected chi connectivity index (χ4v) is 10.6. The van der Waals surface area contributed by atoms with Crippen LogP contribution in [0.2, 0.25) is 0 Å². The van der Waals surface area contributed by atoms with Gasteiger partial charge in [0, 0.05) is 15.9 Å². The lowest BCUT2D eigenvalue weighted by Crippen LogP contribution is -2.27. The number of alkyl halides is 3. The van der Waals surface area contributed by atoms with E-state index in [1.165, 1.54) is 0 Å². The van der Waals surface area contributed by atoms with E-state index in [1.807, 2.05) is 60.7 Å². The van der Waals surface area contributed by atoms with Crippen LogP contribution in [0.3, 0.4) is 0 Å². The zero-order chi connectivity index (χ0) is 30.7. The molecular weight excluding hydrogens is 584 g/mol. The summed E-state index contributed by atoms with van der Waals surface area (Å²) in [6.45, 7) is 1.64. The average molecular weight is 609 g/mol. The van der Waals surface area contributed by atoms with Gasteiger partial charge in [-0.1, -0.05) is 97.1 Å².